The molecule has 2 rings (SSSR count). The zero-order chi connectivity index (χ0) is 13.2. The molecule has 0 aromatic rings. The number of hydrogen-bond acceptors (Lipinski definition) is 4. The maximum atomic E-state index is 12.1. The minimum Gasteiger partial charge on any atom is -0.480 e. The summed E-state index contributed by atoms with van der Waals surface area (Å²) in [6, 6.07) is 0. The predicted octanol–water partition coefficient (Wildman–Crippen LogP) is -0.450. The molecule has 0 aliphatic carbocycles. The highest BCUT2D eigenvalue weighted by molar-refractivity contribution is 7.87. The summed E-state index contributed by atoms with van der Waals surface area (Å²) in [5.74, 6) is -1.18. The Labute approximate surface area is 106 Å². The first-order chi connectivity index (χ1) is 8.46. The first kappa shape index (κ1) is 13.7. The molecule has 0 saturated carbocycles. The average molecular weight is 278 g/mol. The van der Waals surface area contributed by atoms with Crippen LogP contribution in [0.5, 0.6) is 0 Å². The monoisotopic (exact) mass is 278 g/mol. The van der Waals surface area contributed by atoms with E-state index < -0.39 is 21.7 Å². The van der Waals surface area contributed by atoms with Crippen molar-refractivity contribution in [2.24, 2.45) is 0 Å². The molecule has 1 atom stereocenters. The molecule has 0 spiro atoms. The Morgan fingerprint density at radius 3 is 2.44 bits per heavy atom. The summed E-state index contributed by atoms with van der Waals surface area (Å²) in [4.78, 5) is 11.3. The molecular weight excluding hydrogens is 260 g/mol. The Hall–Kier alpha value is -0.700. The number of piperidine rings is 1. The van der Waals surface area contributed by atoms with Gasteiger partial charge in [0.2, 0.25) is 0 Å². The molecule has 0 aromatic heterocycles. The van der Waals surface area contributed by atoms with E-state index in [-0.39, 0.29) is 19.6 Å². The standard InChI is InChI=1S/C10H18N2O5S/c13-9(14)10(4-7-17-8-10)11-18(15,16)12-5-2-1-3-6-12/h11H,1-8H2,(H,13,14). The summed E-state index contributed by atoms with van der Waals surface area (Å²) in [7, 11) is -3.75. The second-order valence-electron chi connectivity index (χ2n) is 4.76. The summed E-state index contributed by atoms with van der Waals surface area (Å²) >= 11 is 0. The van der Waals surface area contributed by atoms with Gasteiger partial charge in [-0.3, -0.25) is 4.79 Å². The molecule has 8 heteroatoms. The van der Waals surface area contributed by atoms with Crippen LogP contribution in [0.15, 0.2) is 0 Å². The van der Waals surface area contributed by atoms with Crippen LogP contribution in [-0.4, -0.2) is 55.6 Å². The van der Waals surface area contributed by atoms with E-state index in [4.69, 9.17) is 4.74 Å². The highest BCUT2D eigenvalue weighted by atomic mass is 32.2. The van der Waals surface area contributed by atoms with Crippen molar-refractivity contribution < 1.29 is 23.1 Å². The molecular formula is C10H18N2O5S. The lowest BCUT2D eigenvalue weighted by Crippen LogP contribution is -2.59. The zero-order valence-electron chi connectivity index (χ0n) is 10.1. The fourth-order valence-electron chi connectivity index (χ4n) is 2.27. The van der Waals surface area contributed by atoms with Gasteiger partial charge in [0, 0.05) is 26.1 Å². The van der Waals surface area contributed by atoms with Crippen molar-refractivity contribution in [1.29, 1.82) is 0 Å². The first-order valence-corrected chi connectivity index (χ1v) is 7.50. The second kappa shape index (κ2) is 5.12. The molecule has 7 nitrogen and oxygen atoms in total. The van der Waals surface area contributed by atoms with E-state index in [1.807, 2.05) is 0 Å². The Bertz CT molecular complexity index is 410. The van der Waals surface area contributed by atoms with Crippen molar-refractivity contribution in [3.8, 4) is 0 Å². The van der Waals surface area contributed by atoms with Gasteiger partial charge in [0.05, 0.1) is 6.61 Å². The zero-order valence-corrected chi connectivity index (χ0v) is 10.9. The van der Waals surface area contributed by atoms with E-state index in [0.29, 0.717) is 13.1 Å². The number of rotatable bonds is 4. The average Bonchev–Trinajstić information content (AvgIpc) is 2.79. The number of aliphatic carboxylic acids is 1. The number of hydrogen-bond donors (Lipinski definition) is 2. The van der Waals surface area contributed by atoms with Crippen LogP contribution in [-0.2, 0) is 19.7 Å². The van der Waals surface area contributed by atoms with Gasteiger partial charge in [-0.2, -0.15) is 17.4 Å². The normalized spacial score (nSPS) is 30.4. The molecule has 1 unspecified atom stereocenters. The van der Waals surface area contributed by atoms with Crippen molar-refractivity contribution in [1.82, 2.24) is 9.03 Å². The highest BCUT2D eigenvalue weighted by Crippen LogP contribution is 2.22. The minimum absolute atomic E-state index is 0.116. The third-order valence-electron chi connectivity index (χ3n) is 3.41. The molecule has 0 radical (unpaired) electrons. The van der Waals surface area contributed by atoms with Crippen molar-refractivity contribution >= 4 is 16.2 Å². The molecule has 0 amide bonds. The van der Waals surface area contributed by atoms with Gasteiger partial charge in [0.15, 0.2) is 5.54 Å². The maximum Gasteiger partial charge on any atom is 0.327 e. The lowest BCUT2D eigenvalue weighted by Gasteiger charge is -2.30. The third-order valence-corrected chi connectivity index (χ3v) is 5.10. The van der Waals surface area contributed by atoms with Crippen LogP contribution in [0.25, 0.3) is 0 Å². The van der Waals surface area contributed by atoms with E-state index in [1.165, 1.54) is 4.31 Å². The third kappa shape index (κ3) is 2.66. The molecule has 0 bridgehead atoms. The van der Waals surface area contributed by atoms with E-state index >= 15 is 0 Å². The Morgan fingerprint density at radius 2 is 1.94 bits per heavy atom. The van der Waals surface area contributed by atoms with Crippen molar-refractivity contribution in [3.63, 3.8) is 0 Å². The van der Waals surface area contributed by atoms with E-state index in [1.54, 1.807) is 0 Å². The Balaban J connectivity index is 2.12. The summed E-state index contributed by atoms with van der Waals surface area (Å²) in [5, 5.41) is 9.20. The lowest BCUT2D eigenvalue weighted by atomic mass is 10.0. The number of nitrogens with one attached hydrogen (secondary N) is 1. The minimum atomic E-state index is -3.75. The van der Waals surface area contributed by atoms with Gasteiger partial charge < -0.3 is 9.84 Å². The summed E-state index contributed by atoms with van der Waals surface area (Å²) < 4.78 is 33.0. The number of carbonyl (C=O) groups is 1. The van der Waals surface area contributed by atoms with Gasteiger partial charge in [-0.15, -0.1) is 0 Å². The summed E-state index contributed by atoms with van der Waals surface area (Å²) in [6.45, 7) is 1.04. The van der Waals surface area contributed by atoms with Crippen molar-refractivity contribution in [3.05, 3.63) is 0 Å². The molecule has 2 aliphatic heterocycles. The molecule has 2 heterocycles. The molecule has 0 aromatic carbocycles. The number of nitrogens with zero attached hydrogens (tertiary/aromatic N) is 1. The largest absolute Gasteiger partial charge is 0.480 e. The van der Waals surface area contributed by atoms with Gasteiger partial charge in [0.1, 0.15) is 0 Å². The van der Waals surface area contributed by atoms with Crippen LogP contribution < -0.4 is 4.72 Å². The van der Waals surface area contributed by atoms with Crippen LogP contribution in [0.3, 0.4) is 0 Å². The summed E-state index contributed by atoms with van der Waals surface area (Å²) in [6.07, 6.45) is 2.81. The number of carboxylic acid groups (broad SMARTS) is 1. The van der Waals surface area contributed by atoms with Gasteiger partial charge >= 0.3 is 5.97 Å². The fourth-order valence-corrected chi connectivity index (χ4v) is 3.88. The van der Waals surface area contributed by atoms with E-state index in [2.05, 4.69) is 4.72 Å². The topological polar surface area (TPSA) is 95.9 Å². The number of carboxylic acids is 1. The predicted molar refractivity (Wildman–Crippen MR) is 63.3 cm³/mol. The fraction of sp³-hybridized carbons (Fsp3) is 0.900. The highest BCUT2D eigenvalue weighted by Gasteiger charge is 2.46. The van der Waals surface area contributed by atoms with Crippen LogP contribution in [0.1, 0.15) is 25.7 Å². The molecule has 18 heavy (non-hydrogen) atoms. The van der Waals surface area contributed by atoms with Gasteiger partial charge in [-0.05, 0) is 12.8 Å². The van der Waals surface area contributed by atoms with Gasteiger partial charge in [0.25, 0.3) is 10.2 Å². The van der Waals surface area contributed by atoms with Crippen molar-refractivity contribution in [2.75, 3.05) is 26.3 Å². The van der Waals surface area contributed by atoms with E-state index in [0.717, 1.165) is 19.3 Å². The molecule has 104 valence electrons. The second-order valence-corrected chi connectivity index (χ2v) is 6.43. The quantitative estimate of drug-likeness (QED) is 0.726. The SMILES string of the molecule is O=C(O)C1(NS(=O)(=O)N2CCCCC2)CCOC1. The molecule has 2 aliphatic rings. The van der Waals surface area contributed by atoms with Crippen LogP contribution in [0.4, 0.5) is 0 Å². The number of ether oxygens (including phenoxy) is 1. The van der Waals surface area contributed by atoms with E-state index in [9.17, 15) is 18.3 Å². The Morgan fingerprint density at radius 1 is 1.28 bits per heavy atom. The lowest BCUT2D eigenvalue weighted by molar-refractivity contribution is -0.144. The maximum absolute atomic E-state index is 12.1. The van der Waals surface area contributed by atoms with Crippen LogP contribution in [0, 0.1) is 0 Å². The summed E-state index contributed by atoms with van der Waals surface area (Å²) in [5.41, 5.74) is -1.50. The van der Waals surface area contributed by atoms with Gasteiger partial charge in [-0.1, -0.05) is 6.42 Å². The Kier molecular flexibility index (Phi) is 3.90. The first-order valence-electron chi connectivity index (χ1n) is 6.06. The smallest absolute Gasteiger partial charge is 0.327 e. The van der Waals surface area contributed by atoms with Crippen LogP contribution in [0.2, 0.25) is 0 Å². The van der Waals surface area contributed by atoms with Gasteiger partial charge in [-0.25, -0.2) is 0 Å². The molecule has 2 fully saturated rings. The molecule has 2 saturated heterocycles. The molecule has 2 N–H and O–H groups in total. The van der Waals surface area contributed by atoms with Crippen LogP contribution >= 0.6 is 0 Å². The van der Waals surface area contributed by atoms with Crippen molar-refractivity contribution in [2.45, 2.75) is 31.2 Å².